The minimum atomic E-state index is -0.0502. The van der Waals surface area contributed by atoms with Crippen LogP contribution in [0.15, 0.2) is 29.4 Å². The molecule has 0 radical (unpaired) electrons. The zero-order valence-electron chi connectivity index (χ0n) is 7.03. The van der Waals surface area contributed by atoms with Crippen LogP contribution in [0.4, 0.5) is 0 Å². The Bertz CT molecular complexity index is 284. The number of halogens is 1. The van der Waals surface area contributed by atoms with E-state index < -0.39 is 0 Å². The monoisotopic (exact) mass is 243 g/mol. The summed E-state index contributed by atoms with van der Waals surface area (Å²) in [6.45, 7) is 4.00. The Morgan fingerprint density at radius 2 is 2.38 bits per heavy atom. The van der Waals surface area contributed by atoms with Gasteiger partial charge in [0.05, 0.1) is 18.5 Å². The fourth-order valence-corrected chi connectivity index (χ4v) is 0.866. The Balaban J connectivity index is 2.54. The van der Waals surface area contributed by atoms with Gasteiger partial charge in [-0.1, -0.05) is 22.5 Å². The van der Waals surface area contributed by atoms with Crippen LogP contribution in [0.5, 0.6) is 5.75 Å². The van der Waals surface area contributed by atoms with Gasteiger partial charge in [-0.2, -0.15) is 0 Å². The number of ether oxygens (including phenoxy) is 1. The summed E-state index contributed by atoms with van der Waals surface area (Å²) in [5.74, 6) is 0.665. The number of pyridine rings is 1. The number of hydrogen-bond acceptors (Lipinski definition) is 3. The second-order valence-electron chi connectivity index (χ2n) is 2.45. The predicted octanol–water partition coefficient (Wildman–Crippen LogP) is 1.86. The van der Waals surface area contributed by atoms with E-state index in [9.17, 15) is 0 Å². The van der Waals surface area contributed by atoms with E-state index in [1.807, 2.05) is 0 Å². The standard InChI is InChI=1S/C9H10BrNO2/c1-7(10)6-13-9-3-2-8(5-12)11-4-9/h2-4,12H,1,5-6H2. The highest BCUT2D eigenvalue weighted by Gasteiger charge is 1.95. The Labute approximate surface area is 85.2 Å². The summed E-state index contributed by atoms with van der Waals surface area (Å²) in [5.41, 5.74) is 0.630. The lowest BCUT2D eigenvalue weighted by atomic mass is 10.3. The van der Waals surface area contributed by atoms with Gasteiger partial charge in [0.15, 0.2) is 0 Å². The van der Waals surface area contributed by atoms with E-state index in [1.165, 1.54) is 0 Å². The Morgan fingerprint density at radius 3 is 2.85 bits per heavy atom. The molecule has 0 aliphatic heterocycles. The van der Waals surface area contributed by atoms with Gasteiger partial charge in [0.1, 0.15) is 12.4 Å². The van der Waals surface area contributed by atoms with Crippen molar-refractivity contribution in [2.75, 3.05) is 6.61 Å². The molecule has 70 valence electrons. The quantitative estimate of drug-likeness (QED) is 0.878. The molecule has 1 rings (SSSR count). The molecule has 0 atom stereocenters. The number of aliphatic hydroxyl groups is 1. The topological polar surface area (TPSA) is 42.4 Å². The Morgan fingerprint density at radius 1 is 1.62 bits per heavy atom. The van der Waals surface area contributed by atoms with Gasteiger partial charge < -0.3 is 9.84 Å². The Kier molecular flexibility index (Phi) is 3.92. The molecule has 1 aromatic rings. The average molecular weight is 244 g/mol. The first-order valence-corrected chi connectivity index (χ1v) is 4.53. The van der Waals surface area contributed by atoms with Crippen LogP contribution in [-0.4, -0.2) is 16.7 Å². The summed E-state index contributed by atoms with van der Waals surface area (Å²) >= 11 is 3.18. The van der Waals surface area contributed by atoms with Crippen LogP contribution in [0.3, 0.4) is 0 Å². The molecule has 0 bridgehead atoms. The summed E-state index contributed by atoms with van der Waals surface area (Å²) in [7, 11) is 0. The summed E-state index contributed by atoms with van der Waals surface area (Å²) < 4.78 is 6.05. The zero-order valence-corrected chi connectivity index (χ0v) is 8.62. The number of rotatable bonds is 4. The van der Waals surface area contributed by atoms with E-state index in [4.69, 9.17) is 9.84 Å². The van der Waals surface area contributed by atoms with Crippen LogP contribution in [0, 0.1) is 0 Å². The molecular weight excluding hydrogens is 234 g/mol. The minimum Gasteiger partial charge on any atom is -0.487 e. The lowest BCUT2D eigenvalue weighted by molar-refractivity contribution is 0.276. The summed E-state index contributed by atoms with van der Waals surface area (Å²) in [4.78, 5) is 3.96. The van der Waals surface area contributed by atoms with Gasteiger partial charge in [-0.3, -0.25) is 4.98 Å². The normalized spacial score (nSPS) is 9.69. The van der Waals surface area contributed by atoms with Crippen molar-refractivity contribution >= 4 is 15.9 Å². The molecular formula is C9H10BrNO2. The lowest BCUT2D eigenvalue weighted by Crippen LogP contribution is -1.97. The largest absolute Gasteiger partial charge is 0.487 e. The second kappa shape index (κ2) is 4.99. The van der Waals surface area contributed by atoms with Crippen LogP contribution >= 0.6 is 15.9 Å². The van der Waals surface area contributed by atoms with Crippen LogP contribution < -0.4 is 4.74 Å². The maximum Gasteiger partial charge on any atom is 0.138 e. The van der Waals surface area contributed by atoms with Gasteiger partial charge in [0, 0.05) is 4.48 Å². The average Bonchev–Trinajstić information content (AvgIpc) is 2.15. The first-order chi connectivity index (χ1) is 6.22. The van der Waals surface area contributed by atoms with Gasteiger partial charge in [-0.05, 0) is 12.1 Å². The molecule has 13 heavy (non-hydrogen) atoms. The van der Waals surface area contributed by atoms with Crippen molar-refractivity contribution in [1.29, 1.82) is 0 Å². The maximum atomic E-state index is 8.72. The third-order valence-corrected chi connectivity index (χ3v) is 1.58. The van der Waals surface area contributed by atoms with Crippen LogP contribution in [0.1, 0.15) is 5.69 Å². The summed E-state index contributed by atoms with van der Waals surface area (Å²) in [6.07, 6.45) is 1.57. The van der Waals surface area contributed by atoms with E-state index in [0.717, 1.165) is 4.48 Å². The van der Waals surface area contributed by atoms with Crippen LogP contribution in [0.2, 0.25) is 0 Å². The van der Waals surface area contributed by atoms with Gasteiger partial charge in [0.25, 0.3) is 0 Å². The number of aliphatic hydroxyl groups excluding tert-OH is 1. The second-order valence-corrected chi connectivity index (χ2v) is 3.57. The Hall–Kier alpha value is -0.870. The van der Waals surface area contributed by atoms with Crippen molar-refractivity contribution in [3.8, 4) is 5.75 Å². The van der Waals surface area contributed by atoms with Crippen LogP contribution in [-0.2, 0) is 6.61 Å². The van der Waals surface area contributed by atoms with Gasteiger partial charge in [-0.15, -0.1) is 0 Å². The van der Waals surface area contributed by atoms with Crippen molar-refractivity contribution in [3.63, 3.8) is 0 Å². The van der Waals surface area contributed by atoms with E-state index in [0.29, 0.717) is 18.1 Å². The molecule has 4 heteroatoms. The number of aromatic nitrogens is 1. The maximum absolute atomic E-state index is 8.72. The van der Waals surface area contributed by atoms with Gasteiger partial charge in [-0.25, -0.2) is 0 Å². The van der Waals surface area contributed by atoms with Crippen molar-refractivity contribution in [1.82, 2.24) is 4.98 Å². The van der Waals surface area contributed by atoms with Crippen LogP contribution in [0.25, 0.3) is 0 Å². The molecule has 0 amide bonds. The minimum absolute atomic E-state index is 0.0502. The third-order valence-electron chi connectivity index (χ3n) is 1.36. The molecule has 0 aliphatic rings. The molecule has 0 aromatic carbocycles. The highest BCUT2D eigenvalue weighted by atomic mass is 79.9. The highest BCUT2D eigenvalue weighted by Crippen LogP contribution is 2.11. The molecule has 0 saturated carbocycles. The molecule has 0 spiro atoms. The summed E-state index contributed by atoms with van der Waals surface area (Å²) in [5, 5.41) is 8.72. The lowest BCUT2D eigenvalue weighted by Gasteiger charge is -2.04. The molecule has 0 saturated heterocycles. The zero-order chi connectivity index (χ0) is 9.68. The molecule has 1 aromatic heterocycles. The fraction of sp³-hybridized carbons (Fsp3) is 0.222. The van der Waals surface area contributed by atoms with Crippen molar-refractivity contribution in [2.24, 2.45) is 0 Å². The molecule has 1 heterocycles. The van der Waals surface area contributed by atoms with Gasteiger partial charge >= 0.3 is 0 Å². The smallest absolute Gasteiger partial charge is 0.138 e. The van der Waals surface area contributed by atoms with Crippen molar-refractivity contribution < 1.29 is 9.84 Å². The summed E-state index contributed by atoms with van der Waals surface area (Å²) in [6, 6.07) is 3.47. The fourth-order valence-electron chi connectivity index (χ4n) is 0.751. The molecule has 3 nitrogen and oxygen atoms in total. The van der Waals surface area contributed by atoms with E-state index in [-0.39, 0.29) is 6.61 Å². The number of hydrogen-bond donors (Lipinski definition) is 1. The van der Waals surface area contributed by atoms with Gasteiger partial charge in [0.2, 0.25) is 0 Å². The van der Waals surface area contributed by atoms with E-state index >= 15 is 0 Å². The highest BCUT2D eigenvalue weighted by molar-refractivity contribution is 9.11. The molecule has 0 unspecified atom stereocenters. The predicted molar refractivity (Wildman–Crippen MR) is 53.7 cm³/mol. The first kappa shape index (κ1) is 10.2. The molecule has 0 fully saturated rings. The first-order valence-electron chi connectivity index (χ1n) is 3.74. The third kappa shape index (κ3) is 3.57. The number of nitrogens with zero attached hydrogens (tertiary/aromatic N) is 1. The SMILES string of the molecule is C=C(Br)COc1ccc(CO)nc1. The van der Waals surface area contributed by atoms with Crippen molar-refractivity contribution in [3.05, 3.63) is 35.1 Å². The molecule has 0 aliphatic carbocycles. The van der Waals surface area contributed by atoms with E-state index in [1.54, 1.807) is 18.3 Å². The van der Waals surface area contributed by atoms with Crippen molar-refractivity contribution in [2.45, 2.75) is 6.61 Å². The molecule has 1 N–H and O–H groups in total. The van der Waals surface area contributed by atoms with E-state index in [2.05, 4.69) is 27.5 Å².